The molecule has 1 heterocycles. The normalized spacial score (nSPS) is 10.9. The molecule has 0 aliphatic rings. The number of hydrogen-bond acceptors (Lipinski definition) is 4. The first-order valence-electron chi connectivity index (χ1n) is 6.49. The second kappa shape index (κ2) is 6.65. The second-order valence-corrected chi connectivity index (χ2v) is 5.38. The highest BCUT2D eigenvalue weighted by Gasteiger charge is 2.12. The maximum atomic E-state index is 10.8. The van der Waals surface area contributed by atoms with E-state index in [0.717, 1.165) is 17.0 Å². The zero-order chi connectivity index (χ0) is 15.4. The Kier molecular flexibility index (Phi) is 4.88. The minimum Gasteiger partial charge on any atom is -0.296 e. The number of benzene rings is 1. The number of hydrogen-bond donors (Lipinski definition) is 0. The van der Waals surface area contributed by atoms with E-state index < -0.39 is 4.92 Å². The number of non-ortho nitro benzene ring substituents is 1. The van der Waals surface area contributed by atoms with Crippen LogP contribution in [0.25, 0.3) is 0 Å². The van der Waals surface area contributed by atoms with E-state index in [9.17, 15) is 10.1 Å². The number of nitro groups is 1. The van der Waals surface area contributed by atoms with Crippen molar-refractivity contribution >= 4 is 17.3 Å². The molecule has 1 aromatic carbocycles. The highest BCUT2D eigenvalue weighted by Crippen LogP contribution is 2.23. The largest absolute Gasteiger partial charge is 0.296 e. The van der Waals surface area contributed by atoms with Crippen molar-refractivity contribution in [2.45, 2.75) is 20.0 Å². The summed E-state index contributed by atoms with van der Waals surface area (Å²) < 4.78 is 0. The lowest BCUT2D eigenvalue weighted by molar-refractivity contribution is -0.384. The molecule has 0 amide bonds. The monoisotopic (exact) mass is 305 g/mol. The molecule has 0 N–H and O–H groups in total. The summed E-state index contributed by atoms with van der Waals surface area (Å²) in [6.45, 7) is 3.12. The molecule has 110 valence electrons. The number of aryl methyl sites for hydroxylation is 1. The summed E-state index contributed by atoms with van der Waals surface area (Å²) in [6, 6.07) is 10.4. The minimum atomic E-state index is -0.415. The minimum absolute atomic E-state index is 0.0523. The first-order chi connectivity index (χ1) is 9.95. The van der Waals surface area contributed by atoms with Gasteiger partial charge in [0.25, 0.3) is 5.69 Å². The van der Waals surface area contributed by atoms with Crippen LogP contribution in [0.2, 0.25) is 5.02 Å². The van der Waals surface area contributed by atoms with E-state index in [1.807, 2.05) is 37.1 Å². The van der Waals surface area contributed by atoms with E-state index in [4.69, 9.17) is 11.6 Å². The molecule has 0 fully saturated rings. The molecular formula is C15H16ClN3O2. The number of rotatable bonds is 5. The summed E-state index contributed by atoms with van der Waals surface area (Å²) in [4.78, 5) is 16.9. The van der Waals surface area contributed by atoms with Gasteiger partial charge in [0.1, 0.15) is 0 Å². The Morgan fingerprint density at radius 1 is 1.29 bits per heavy atom. The van der Waals surface area contributed by atoms with Crippen LogP contribution in [0.4, 0.5) is 5.69 Å². The van der Waals surface area contributed by atoms with Gasteiger partial charge in [-0.2, -0.15) is 0 Å². The lowest BCUT2D eigenvalue weighted by Crippen LogP contribution is -2.18. The maximum Gasteiger partial charge on any atom is 0.269 e. The van der Waals surface area contributed by atoms with Crippen molar-refractivity contribution in [2.24, 2.45) is 0 Å². The van der Waals surface area contributed by atoms with E-state index in [1.165, 1.54) is 12.1 Å². The van der Waals surface area contributed by atoms with Gasteiger partial charge in [-0.15, -0.1) is 0 Å². The van der Waals surface area contributed by atoms with Gasteiger partial charge in [-0.3, -0.25) is 20.0 Å². The van der Waals surface area contributed by atoms with Crippen molar-refractivity contribution in [3.05, 3.63) is 68.5 Å². The van der Waals surface area contributed by atoms with Crippen LogP contribution in [0.15, 0.2) is 36.4 Å². The van der Waals surface area contributed by atoms with Crippen LogP contribution in [-0.4, -0.2) is 21.9 Å². The van der Waals surface area contributed by atoms with Gasteiger partial charge in [0.15, 0.2) is 0 Å². The molecule has 0 radical (unpaired) electrons. The number of aromatic nitrogens is 1. The fraction of sp³-hybridized carbons (Fsp3) is 0.267. The SMILES string of the molecule is Cc1cccc(CN(C)Cc2cc([N+](=O)[O-])ccc2Cl)n1. The molecule has 21 heavy (non-hydrogen) atoms. The molecule has 0 saturated heterocycles. The molecule has 0 unspecified atom stereocenters. The number of nitrogens with zero attached hydrogens (tertiary/aromatic N) is 3. The Hall–Kier alpha value is -1.98. The van der Waals surface area contributed by atoms with Crippen molar-refractivity contribution in [2.75, 3.05) is 7.05 Å². The van der Waals surface area contributed by atoms with Crippen molar-refractivity contribution in [3.8, 4) is 0 Å². The quantitative estimate of drug-likeness (QED) is 0.626. The predicted molar refractivity (Wildman–Crippen MR) is 82.3 cm³/mol. The number of pyridine rings is 1. The van der Waals surface area contributed by atoms with E-state index in [2.05, 4.69) is 4.98 Å². The van der Waals surface area contributed by atoms with Gasteiger partial charge in [0.05, 0.1) is 10.6 Å². The van der Waals surface area contributed by atoms with Crippen LogP contribution in [-0.2, 0) is 13.1 Å². The highest BCUT2D eigenvalue weighted by atomic mass is 35.5. The van der Waals surface area contributed by atoms with E-state index in [1.54, 1.807) is 6.07 Å². The van der Waals surface area contributed by atoms with Crippen molar-refractivity contribution in [3.63, 3.8) is 0 Å². The third kappa shape index (κ3) is 4.24. The first kappa shape index (κ1) is 15.4. The Morgan fingerprint density at radius 2 is 2.05 bits per heavy atom. The summed E-state index contributed by atoms with van der Waals surface area (Å²) >= 11 is 6.11. The fourth-order valence-corrected chi connectivity index (χ4v) is 2.28. The van der Waals surface area contributed by atoms with Gasteiger partial charge < -0.3 is 0 Å². The molecule has 2 aromatic rings. The molecule has 5 nitrogen and oxygen atoms in total. The maximum absolute atomic E-state index is 10.8. The van der Waals surface area contributed by atoms with Gasteiger partial charge in [-0.05, 0) is 37.7 Å². The van der Waals surface area contributed by atoms with Crippen molar-refractivity contribution < 1.29 is 4.92 Å². The van der Waals surface area contributed by atoms with Gasteiger partial charge in [0, 0.05) is 35.9 Å². The van der Waals surface area contributed by atoms with Crippen LogP contribution in [0.1, 0.15) is 17.0 Å². The molecule has 0 spiro atoms. The lowest BCUT2D eigenvalue weighted by Gasteiger charge is -2.17. The smallest absolute Gasteiger partial charge is 0.269 e. The summed E-state index contributed by atoms with van der Waals surface area (Å²) in [5.74, 6) is 0. The summed E-state index contributed by atoms with van der Waals surface area (Å²) in [5.41, 5.74) is 2.71. The van der Waals surface area contributed by atoms with Crippen LogP contribution in [0, 0.1) is 17.0 Å². The Labute approximate surface area is 128 Å². The number of halogens is 1. The predicted octanol–water partition coefficient (Wildman–Crippen LogP) is 3.58. The molecule has 0 bridgehead atoms. The molecule has 6 heteroatoms. The van der Waals surface area contributed by atoms with Gasteiger partial charge in [0.2, 0.25) is 0 Å². The topological polar surface area (TPSA) is 59.3 Å². The van der Waals surface area contributed by atoms with Crippen LogP contribution >= 0.6 is 11.6 Å². The second-order valence-electron chi connectivity index (χ2n) is 4.98. The zero-order valence-corrected chi connectivity index (χ0v) is 12.7. The average Bonchev–Trinajstić information content (AvgIpc) is 2.41. The molecule has 2 rings (SSSR count). The van der Waals surface area contributed by atoms with Crippen molar-refractivity contribution in [1.29, 1.82) is 0 Å². The third-order valence-electron chi connectivity index (χ3n) is 3.06. The Morgan fingerprint density at radius 3 is 2.71 bits per heavy atom. The van der Waals surface area contributed by atoms with Crippen LogP contribution < -0.4 is 0 Å². The van der Waals surface area contributed by atoms with Crippen LogP contribution in [0.5, 0.6) is 0 Å². The molecule has 0 aliphatic heterocycles. The third-order valence-corrected chi connectivity index (χ3v) is 3.43. The molecule has 0 atom stereocenters. The average molecular weight is 306 g/mol. The Bertz CT molecular complexity index is 661. The molecule has 0 saturated carbocycles. The molecule has 1 aromatic heterocycles. The van der Waals surface area contributed by atoms with Crippen LogP contribution in [0.3, 0.4) is 0 Å². The summed E-state index contributed by atoms with van der Waals surface area (Å²) in [6.07, 6.45) is 0. The first-order valence-corrected chi connectivity index (χ1v) is 6.87. The van der Waals surface area contributed by atoms with Gasteiger partial charge in [-0.1, -0.05) is 17.7 Å². The molecule has 0 aliphatic carbocycles. The lowest BCUT2D eigenvalue weighted by atomic mass is 10.2. The van der Waals surface area contributed by atoms with E-state index >= 15 is 0 Å². The molecular weight excluding hydrogens is 290 g/mol. The van der Waals surface area contributed by atoms with E-state index in [0.29, 0.717) is 18.1 Å². The Balaban J connectivity index is 2.10. The summed E-state index contributed by atoms with van der Waals surface area (Å²) in [7, 11) is 1.93. The van der Waals surface area contributed by atoms with Gasteiger partial charge in [-0.25, -0.2) is 0 Å². The zero-order valence-electron chi connectivity index (χ0n) is 11.9. The number of nitro benzene ring substituents is 1. The standard InChI is InChI=1S/C15H16ClN3O2/c1-11-4-3-5-13(17-11)10-18(2)9-12-8-14(19(20)21)6-7-15(12)16/h3-8H,9-10H2,1-2H3. The van der Waals surface area contributed by atoms with E-state index in [-0.39, 0.29) is 5.69 Å². The van der Waals surface area contributed by atoms with Gasteiger partial charge >= 0.3 is 0 Å². The highest BCUT2D eigenvalue weighted by molar-refractivity contribution is 6.31. The van der Waals surface area contributed by atoms with Crippen molar-refractivity contribution in [1.82, 2.24) is 9.88 Å². The summed E-state index contributed by atoms with van der Waals surface area (Å²) in [5, 5.41) is 11.3. The fourth-order valence-electron chi connectivity index (χ4n) is 2.11.